The molecule has 0 radical (unpaired) electrons. The lowest BCUT2D eigenvalue weighted by Gasteiger charge is -2.12. The molecule has 6 heteroatoms. The third kappa shape index (κ3) is 6.32. The van der Waals surface area contributed by atoms with Crippen LogP contribution in [0.1, 0.15) is 18.1 Å². The van der Waals surface area contributed by atoms with E-state index in [0.29, 0.717) is 25.4 Å². The molecule has 0 aliphatic rings. The highest BCUT2D eigenvalue weighted by atomic mass is 16.5. The summed E-state index contributed by atoms with van der Waals surface area (Å²) < 4.78 is 5.57. The van der Waals surface area contributed by atoms with Crippen molar-refractivity contribution >= 4 is 17.6 Å². The van der Waals surface area contributed by atoms with Crippen molar-refractivity contribution < 1.29 is 14.3 Å². The number of ether oxygens (including phenoxy) is 1. The normalized spacial score (nSPS) is 9.88. The van der Waals surface area contributed by atoms with E-state index in [-0.39, 0.29) is 11.9 Å². The summed E-state index contributed by atoms with van der Waals surface area (Å²) in [6.07, 6.45) is 1.67. The fourth-order valence-electron chi connectivity index (χ4n) is 2.32. The molecule has 6 nitrogen and oxygen atoms in total. The summed E-state index contributed by atoms with van der Waals surface area (Å²) in [6.45, 7) is 6.20. The maximum Gasteiger partial charge on any atom is 0.315 e. The zero-order valence-corrected chi connectivity index (χ0v) is 14.7. The van der Waals surface area contributed by atoms with E-state index in [9.17, 15) is 9.59 Å². The van der Waals surface area contributed by atoms with Crippen molar-refractivity contribution in [3.63, 3.8) is 0 Å². The molecule has 0 saturated carbocycles. The molecule has 0 heterocycles. The van der Waals surface area contributed by atoms with Crippen molar-refractivity contribution in [3.8, 4) is 5.75 Å². The van der Waals surface area contributed by atoms with Gasteiger partial charge in [-0.2, -0.15) is 0 Å². The van der Waals surface area contributed by atoms with Gasteiger partial charge in [0.25, 0.3) is 0 Å². The molecule has 2 aromatic carbocycles. The van der Waals surface area contributed by atoms with Crippen LogP contribution in [0.15, 0.2) is 61.2 Å². The number of carbonyl (C=O) groups is 2. The first kappa shape index (κ1) is 19.1. The van der Waals surface area contributed by atoms with Crippen LogP contribution in [0.5, 0.6) is 5.75 Å². The highest BCUT2D eigenvalue weighted by molar-refractivity contribution is 5.88. The first-order chi connectivity index (χ1) is 12.6. The Labute approximate surface area is 153 Å². The van der Waals surface area contributed by atoms with E-state index in [4.69, 9.17) is 4.74 Å². The van der Waals surface area contributed by atoms with E-state index in [0.717, 1.165) is 16.9 Å². The average molecular weight is 353 g/mol. The Balaban J connectivity index is 1.84. The van der Waals surface area contributed by atoms with Crippen LogP contribution < -0.4 is 20.7 Å². The number of hydrogen-bond donors (Lipinski definition) is 3. The molecule has 136 valence electrons. The van der Waals surface area contributed by atoms with Crippen molar-refractivity contribution in [2.24, 2.45) is 0 Å². The maximum absolute atomic E-state index is 12.0. The van der Waals surface area contributed by atoms with Gasteiger partial charge in [-0.15, -0.1) is 0 Å². The number of nitrogens with one attached hydrogen (secondary N) is 3. The molecule has 2 aromatic rings. The lowest BCUT2D eigenvalue weighted by atomic mass is 10.2. The highest BCUT2D eigenvalue weighted by Gasteiger charge is 2.06. The number of carbonyl (C=O) groups excluding carboxylic acids is 2. The third-order valence-electron chi connectivity index (χ3n) is 3.47. The van der Waals surface area contributed by atoms with Gasteiger partial charge < -0.3 is 20.7 Å². The second-order valence-electron chi connectivity index (χ2n) is 5.63. The Hall–Kier alpha value is -3.28. The van der Waals surface area contributed by atoms with Crippen molar-refractivity contribution in [1.29, 1.82) is 0 Å². The van der Waals surface area contributed by atoms with Gasteiger partial charge in [0.2, 0.25) is 5.91 Å². The number of amides is 3. The Kier molecular flexibility index (Phi) is 7.24. The van der Waals surface area contributed by atoms with E-state index in [2.05, 4.69) is 22.5 Å². The molecule has 3 N–H and O–H groups in total. The van der Waals surface area contributed by atoms with E-state index in [1.165, 1.54) is 6.92 Å². The van der Waals surface area contributed by atoms with Gasteiger partial charge in [-0.1, -0.05) is 43.0 Å². The predicted molar refractivity (Wildman–Crippen MR) is 102 cm³/mol. The Bertz CT molecular complexity index is 774. The summed E-state index contributed by atoms with van der Waals surface area (Å²) in [4.78, 5) is 23.1. The van der Waals surface area contributed by atoms with Gasteiger partial charge in [-0.3, -0.25) is 4.79 Å². The molecule has 0 spiro atoms. The third-order valence-corrected chi connectivity index (χ3v) is 3.47. The molecule has 0 aliphatic heterocycles. The van der Waals surface area contributed by atoms with Crippen LogP contribution in [0.25, 0.3) is 0 Å². The van der Waals surface area contributed by atoms with Crippen LogP contribution in [-0.2, 0) is 17.9 Å². The lowest BCUT2D eigenvalue weighted by molar-refractivity contribution is -0.114. The van der Waals surface area contributed by atoms with E-state index < -0.39 is 0 Å². The molecular formula is C20H23N3O3. The van der Waals surface area contributed by atoms with Crippen molar-refractivity contribution in [1.82, 2.24) is 10.6 Å². The van der Waals surface area contributed by atoms with Gasteiger partial charge in [-0.25, -0.2) is 4.79 Å². The topological polar surface area (TPSA) is 79.5 Å². The molecular weight excluding hydrogens is 330 g/mol. The van der Waals surface area contributed by atoms with Gasteiger partial charge in [0, 0.05) is 31.3 Å². The number of rotatable bonds is 8. The van der Waals surface area contributed by atoms with Crippen LogP contribution in [0.2, 0.25) is 0 Å². The van der Waals surface area contributed by atoms with Crippen LogP contribution in [0.4, 0.5) is 10.5 Å². The fraction of sp³-hybridized carbons (Fsp3) is 0.200. The average Bonchev–Trinajstić information content (AvgIpc) is 2.63. The second-order valence-corrected chi connectivity index (χ2v) is 5.63. The van der Waals surface area contributed by atoms with Crippen LogP contribution in [-0.4, -0.2) is 18.5 Å². The van der Waals surface area contributed by atoms with Gasteiger partial charge in [-0.05, 0) is 23.8 Å². The van der Waals surface area contributed by atoms with Crippen molar-refractivity contribution in [3.05, 3.63) is 72.3 Å². The summed E-state index contributed by atoms with van der Waals surface area (Å²) >= 11 is 0. The minimum atomic E-state index is -0.284. The molecule has 2 rings (SSSR count). The largest absolute Gasteiger partial charge is 0.489 e. The van der Waals surface area contributed by atoms with E-state index in [1.807, 2.05) is 42.5 Å². The number of benzene rings is 2. The molecule has 0 fully saturated rings. The molecule has 3 amide bonds. The monoisotopic (exact) mass is 353 g/mol. The molecule has 0 aliphatic carbocycles. The SMILES string of the molecule is C=CCOc1ccccc1CNC(=O)NCc1cccc(NC(C)=O)c1. The van der Waals surface area contributed by atoms with Gasteiger partial charge >= 0.3 is 6.03 Å². The van der Waals surface area contributed by atoms with Crippen LogP contribution in [0, 0.1) is 0 Å². The minimum absolute atomic E-state index is 0.134. The molecule has 0 aromatic heterocycles. The van der Waals surface area contributed by atoms with Crippen LogP contribution in [0.3, 0.4) is 0 Å². The first-order valence-corrected chi connectivity index (χ1v) is 8.28. The molecule has 0 unspecified atom stereocenters. The van der Waals surface area contributed by atoms with Crippen molar-refractivity contribution in [2.75, 3.05) is 11.9 Å². The quantitative estimate of drug-likeness (QED) is 0.638. The first-order valence-electron chi connectivity index (χ1n) is 8.28. The van der Waals surface area contributed by atoms with E-state index >= 15 is 0 Å². The van der Waals surface area contributed by atoms with Gasteiger partial charge in [0.15, 0.2) is 0 Å². The van der Waals surface area contributed by atoms with E-state index in [1.54, 1.807) is 12.1 Å². The fourth-order valence-corrected chi connectivity index (χ4v) is 2.32. The zero-order chi connectivity index (χ0) is 18.8. The number of para-hydroxylation sites is 1. The Morgan fingerprint density at radius 2 is 1.85 bits per heavy atom. The number of urea groups is 1. The summed E-state index contributed by atoms with van der Waals surface area (Å²) in [5, 5.41) is 8.31. The van der Waals surface area contributed by atoms with Crippen LogP contribution >= 0.6 is 0 Å². The zero-order valence-electron chi connectivity index (χ0n) is 14.7. The van der Waals surface area contributed by atoms with Crippen molar-refractivity contribution in [2.45, 2.75) is 20.0 Å². The molecule has 26 heavy (non-hydrogen) atoms. The standard InChI is InChI=1S/C20H23N3O3/c1-3-11-26-19-10-5-4-8-17(19)14-22-20(25)21-13-16-7-6-9-18(12-16)23-15(2)24/h3-10,12H,1,11,13-14H2,2H3,(H,23,24)(H2,21,22,25). The smallest absolute Gasteiger partial charge is 0.315 e. The number of anilines is 1. The summed E-state index contributed by atoms with van der Waals surface area (Å²) in [5.41, 5.74) is 2.48. The van der Waals surface area contributed by atoms with Gasteiger partial charge in [0.1, 0.15) is 12.4 Å². The molecule has 0 saturated heterocycles. The number of hydrogen-bond acceptors (Lipinski definition) is 3. The Morgan fingerprint density at radius 1 is 1.08 bits per heavy atom. The minimum Gasteiger partial charge on any atom is -0.489 e. The Morgan fingerprint density at radius 3 is 2.62 bits per heavy atom. The summed E-state index contributed by atoms with van der Waals surface area (Å²) in [5.74, 6) is 0.584. The molecule has 0 bridgehead atoms. The lowest BCUT2D eigenvalue weighted by Crippen LogP contribution is -2.34. The van der Waals surface area contributed by atoms with Gasteiger partial charge in [0.05, 0.1) is 0 Å². The predicted octanol–water partition coefficient (Wildman–Crippen LogP) is 3.21. The summed E-state index contributed by atoms with van der Waals surface area (Å²) in [6, 6.07) is 14.6. The highest BCUT2D eigenvalue weighted by Crippen LogP contribution is 2.17. The maximum atomic E-state index is 12.0. The second kappa shape index (κ2) is 9.88. The molecule has 0 atom stereocenters. The summed E-state index contributed by atoms with van der Waals surface area (Å²) in [7, 11) is 0.